The van der Waals surface area contributed by atoms with Crippen molar-refractivity contribution >= 4 is 28.3 Å². The maximum absolute atomic E-state index is 13.7. The van der Waals surface area contributed by atoms with Crippen LogP contribution in [0.15, 0.2) is 47.8 Å². The second-order valence-corrected chi connectivity index (χ2v) is 7.20. The first-order valence-corrected chi connectivity index (χ1v) is 9.74. The van der Waals surface area contributed by atoms with Crippen LogP contribution >= 0.6 is 11.3 Å². The number of hydrogen-bond acceptors (Lipinski definition) is 5. The van der Waals surface area contributed by atoms with Gasteiger partial charge in [-0.25, -0.2) is 9.37 Å². The Balaban J connectivity index is 1.60. The summed E-state index contributed by atoms with van der Waals surface area (Å²) in [7, 11) is 1.39. The number of benzene rings is 2. The third-order valence-electron chi connectivity index (χ3n) is 4.12. The number of amides is 2. The van der Waals surface area contributed by atoms with Crippen molar-refractivity contribution < 1.29 is 18.7 Å². The van der Waals surface area contributed by atoms with Gasteiger partial charge >= 0.3 is 0 Å². The zero-order chi connectivity index (χ0) is 20.8. The second kappa shape index (κ2) is 9.29. The SMILES string of the molecule is COc1ccc(CC(=O)Nc2nc(-c3ccc(CNC(C)=O)cc3)cs2)cc1F. The van der Waals surface area contributed by atoms with Gasteiger partial charge in [0.2, 0.25) is 11.8 Å². The summed E-state index contributed by atoms with van der Waals surface area (Å²) in [6, 6.07) is 12.1. The van der Waals surface area contributed by atoms with Crippen LogP contribution in [0, 0.1) is 5.82 Å². The molecule has 0 spiro atoms. The van der Waals surface area contributed by atoms with E-state index in [9.17, 15) is 14.0 Å². The lowest BCUT2D eigenvalue weighted by Gasteiger charge is -2.05. The Bertz CT molecular complexity index is 1020. The Labute approximate surface area is 171 Å². The number of thiazole rings is 1. The number of halogens is 1. The second-order valence-electron chi connectivity index (χ2n) is 6.34. The Morgan fingerprint density at radius 2 is 1.86 bits per heavy atom. The summed E-state index contributed by atoms with van der Waals surface area (Å²) in [4.78, 5) is 27.6. The van der Waals surface area contributed by atoms with Crippen LogP contribution < -0.4 is 15.4 Å². The molecule has 0 aliphatic rings. The van der Waals surface area contributed by atoms with Gasteiger partial charge in [-0.15, -0.1) is 11.3 Å². The molecule has 2 aromatic carbocycles. The molecule has 0 aliphatic carbocycles. The van der Waals surface area contributed by atoms with Gasteiger partial charge in [0.25, 0.3) is 0 Å². The first-order valence-electron chi connectivity index (χ1n) is 8.86. The van der Waals surface area contributed by atoms with Crippen molar-refractivity contribution in [3.8, 4) is 17.0 Å². The number of methoxy groups -OCH3 is 1. The highest BCUT2D eigenvalue weighted by molar-refractivity contribution is 7.14. The summed E-state index contributed by atoms with van der Waals surface area (Å²) in [5.74, 6) is -0.717. The molecule has 8 heteroatoms. The third kappa shape index (κ3) is 5.61. The first-order chi connectivity index (χ1) is 13.9. The number of carbonyl (C=O) groups is 2. The molecule has 29 heavy (non-hydrogen) atoms. The van der Waals surface area contributed by atoms with E-state index in [4.69, 9.17) is 4.74 Å². The molecule has 0 aliphatic heterocycles. The Hall–Kier alpha value is -3.26. The zero-order valence-electron chi connectivity index (χ0n) is 16.0. The molecule has 0 unspecified atom stereocenters. The predicted molar refractivity (Wildman–Crippen MR) is 110 cm³/mol. The van der Waals surface area contributed by atoms with E-state index in [0.29, 0.717) is 17.2 Å². The van der Waals surface area contributed by atoms with Gasteiger partial charge in [0, 0.05) is 24.4 Å². The minimum Gasteiger partial charge on any atom is -0.494 e. The van der Waals surface area contributed by atoms with Gasteiger partial charge in [-0.1, -0.05) is 30.3 Å². The molecule has 0 radical (unpaired) electrons. The lowest BCUT2D eigenvalue weighted by molar-refractivity contribution is -0.119. The van der Waals surface area contributed by atoms with E-state index in [1.165, 1.54) is 37.5 Å². The number of anilines is 1. The fraction of sp³-hybridized carbons (Fsp3) is 0.190. The largest absolute Gasteiger partial charge is 0.494 e. The quantitative estimate of drug-likeness (QED) is 0.618. The summed E-state index contributed by atoms with van der Waals surface area (Å²) in [5.41, 5.74) is 3.18. The molecular weight excluding hydrogens is 393 g/mol. The number of nitrogens with one attached hydrogen (secondary N) is 2. The van der Waals surface area contributed by atoms with Crippen LogP contribution in [0.2, 0.25) is 0 Å². The topological polar surface area (TPSA) is 80.3 Å². The number of ether oxygens (including phenoxy) is 1. The normalized spacial score (nSPS) is 10.4. The summed E-state index contributed by atoms with van der Waals surface area (Å²) in [5, 5.41) is 7.81. The summed E-state index contributed by atoms with van der Waals surface area (Å²) >= 11 is 1.32. The number of rotatable bonds is 7. The summed E-state index contributed by atoms with van der Waals surface area (Å²) in [6.45, 7) is 1.95. The molecule has 0 saturated heterocycles. The fourth-order valence-electron chi connectivity index (χ4n) is 2.65. The van der Waals surface area contributed by atoms with Crippen molar-refractivity contribution in [2.24, 2.45) is 0 Å². The smallest absolute Gasteiger partial charge is 0.230 e. The fourth-order valence-corrected chi connectivity index (χ4v) is 3.39. The molecule has 0 bridgehead atoms. The van der Waals surface area contributed by atoms with Crippen LogP contribution in [0.5, 0.6) is 5.75 Å². The molecule has 6 nitrogen and oxygen atoms in total. The molecule has 1 heterocycles. The predicted octanol–water partition coefficient (Wildman–Crippen LogP) is 3.78. The van der Waals surface area contributed by atoms with E-state index >= 15 is 0 Å². The van der Waals surface area contributed by atoms with Crippen molar-refractivity contribution in [2.45, 2.75) is 19.9 Å². The van der Waals surface area contributed by atoms with E-state index in [1.54, 1.807) is 6.07 Å². The highest BCUT2D eigenvalue weighted by Crippen LogP contribution is 2.25. The Morgan fingerprint density at radius 1 is 1.14 bits per heavy atom. The van der Waals surface area contributed by atoms with Gasteiger partial charge < -0.3 is 15.4 Å². The van der Waals surface area contributed by atoms with Crippen molar-refractivity contribution in [3.63, 3.8) is 0 Å². The lowest BCUT2D eigenvalue weighted by atomic mass is 10.1. The zero-order valence-corrected chi connectivity index (χ0v) is 16.8. The molecule has 0 atom stereocenters. The van der Waals surface area contributed by atoms with Crippen molar-refractivity contribution in [2.75, 3.05) is 12.4 Å². The van der Waals surface area contributed by atoms with E-state index in [-0.39, 0.29) is 24.0 Å². The first kappa shape index (κ1) is 20.5. The molecule has 0 fully saturated rings. The van der Waals surface area contributed by atoms with Gasteiger partial charge in [-0.3, -0.25) is 9.59 Å². The summed E-state index contributed by atoms with van der Waals surface area (Å²) < 4.78 is 18.6. The van der Waals surface area contributed by atoms with Crippen LogP contribution in [-0.4, -0.2) is 23.9 Å². The van der Waals surface area contributed by atoms with Gasteiger partial charge in [-0.05, 0) is 23.3 Å². The van der Waals surface area contributed by atoms with Crippen molar-refractivity contribution in [1.82, 2.24) is 10.3 Å². The number of carbonyl (C=O) groups excluding carboxylic acids is 2. The van der Waals surface area contributed by atoms with Crippen molar-refractivity contribution in [1.29, 1.82) is 0 Å². The highest BCUT2D eigenvalue weighted by Gasteiger charge is 2.11. The highest BCUT2D eigenvalue weighted by atomic mass is 32.1. The van der Waals surface area contributed by atoms with E-state index in [2.05, 4.69) is 15.6 Å². The Kier molecular flexibility index (Phi) is 6.56. The average Bonchev–Trinajstić information content (AvgIpc) is 3.15. The number of aromatic nitrogens is 1. The molecule has 2 N–H and O–H groups in total. The van der Waals surface area contributed by atoms with Crippen LogP contribution in [0.3, 0.4) is 0 Å². The minimum absolute atomic E-state index is 0.0354. The monoisotopic (exact) mass is 413 g/mol. The molecular formula is C21H20FN3O3S. The number of nitrogens with zero attached hydrogens (tertiary/aromatic N) is 1. The summed E-state index contributed by atoms with van der Waals surface area (Å²) in [6.07, 6.45) is 0.0354. The van der Waals surface area contributed by atoms with Crippen LogP contribution in [0.1, 0.15) is 18.1 Å². The maximum atomic E-state index is 13.7. The molecule has 150 valence electrons. The van der Waals surface area contributed by atoms with Gasteiger partial charge in [-0.2, -0.15) is 0 Å². The van der Waals surface area contributed by atoms with Crippen LogP contribution in [-0.2, 0) is 22.6 Å². The van der Waals surface area contributed by atoms with Crippen LogP contribution in [0.4, 0.5) is 9.52 Å². The Morgan fingerprint density at radius 3 is 2.52 bits per heavy atom. The number of hydrogen-bond donors (Lipinski definition) is 2. The minimum atomic E-state index is -0.503. The third-order valence-corrected chi connectivity index (χ3v) is 4.88. The molecule has 3 rings (SSSR count). The molecule has 0 saturated carbocycles. The molecule has 1 aromatic heterocycles. The van der Waals surface area contributed by atoms with E-state index in [1.807, 2.05) is 29.6 Å². The molecule has 2 amide bonds. The van der Waals surface area contributed by atoms with E-state index < -0.39 is 5.82 Å². The van der Waals surface area contributed by atoms with Gasteiger partial charge in [0.1, 0.15) is 0 Å². The van der Waals surface area contributed by atoms with E-state index in [0.717, 1.165) is 16.8 Å². The van der Waals surface area contributed by atoms with Gasteiger partial charge in [0.15, 0.2) is 16.7 Å². The standard InChI is InChI=1S/C21H20FN3O3S/c1-13(26)23-11-14-3-6-16(7-4-14)18-12-29-21(24-18)25-20(27)10-15-5-8-19(28-2)17(22)9-15/h3-9,12H,10-11H2,1-2H3,(H,23,26)(H,24,25,27). The average molecular weight is 413 g/mol. The lowest BCUT2D eigenvalue weighted by Crippen LogP contribution is -2.18. The van der Waals surface area contributed by atoms with Gasteiger partial charge in [0.05, 0.1) is 19.2 Å². The van der Waals surface area contributed by atoms with Crippen LogP contribution in [0.25, 0.3) is 11.3 Å². The maximum Gasteiger partial charge on any atom is 0.230 e. The van der Waals surface area contributed by atoms with Crippen molar-refractivity contribution in [3.05, 3.63) is 64.8 Å². The molecule has 3 aromatic rings.